The Morgan fingerprint density at radius 3 is 2.48 bits per heavy atom. The second-order valence-electron chi connectivity index (χ2n) is 5.15. The highest BCUT2D eigenvalue weighted by Gasteiger charge is 2.12. The van der Waals surface area contributed by atoms with Crippen LogP contribution >= 0.6 is 0 Å². The Balaban J connectivity index is 1.95. The summed E-state index contributed by atoms with van der Waals surface area (Å²) in [5.74, 6) is 1.44. The number of carbonyl (C=O) groups is 1. The van der Waals surface area contributed by atoms with Crippen LogP contribution in [0, 0.1) is 0 Å². The van der Waals surface area contributed by atoms with Crippen molar-refractivity contribution in [2.45, 2.75) is 6.54 Å². The summed E-state index contributed by atoms with van der Waals surface area (Å²) in [5.41, 5.74) is 1.86. The van der Waals surface area contributed by atoms with E-state index in [9.17, 15) is 4.79 Å². The van der Waals surface area contributed by atoms with Gasteiger partial charge in [0.05, 0.1) is 20.8 Å². The maximum atomic E-state index is 12.2. The third-order valence-electron chi connectivity index (χ3n) is 3.55. The number of carbonyl (C=O) groups excluding carboxylic acids is 1. The predicted molar refractivity (Wildman–Crippen MR) is 91.0 cm³/mol. The molecule has 0 heterocycles. The lowest BCUT2D eigenvalue weighted by molar-refractivity contribution is -0.128. The van der Waals surface area contributed by atoms with E-state index in [2.05, 4.69) is 5.32 Å². The summed E-state index contributed by atoms with van der Waals surface area (Å²) >= 11 is 0. The third-order valence-corrected chi connectivity index (χ3v) is 3.55. The zero-order valence-electron chi connectivity index (χ0n) is 13.7. The van der Waals surface area contributed by atoms with Crippen molar-refractivity contribution in [3.63, 3.8) is 0 Å². The minimum Gasteiger partial charge on any atom is -0.497 e. The van der Waals surface area contributed by atoms with Crippen molar-refractivity contribution in [1.82, 2.24) is 4.90 Å². The zero-order chi connectivity index (χ0) is 16.7. The maximum Gasteiger partial charge on any atom is 0.241 e. The SMILES string of the molecule is COc1ccc(CN(C)C(=O)CNc2ccccc2)c(OC)c1. The minimum atomic E-state index is 0.00623. The molecular weight excluding hydrogens is 292 g/mol. The number of nitrogens with zero attached hydrogens (tertiary/aromatic N) is 1. The lowest BCUT2D eigenvalue weighted by atomic mass is 10.1. The molecule has 1 amide bonds. The largest absolute Gasteiger partial charge is 0.497 e. The topological polar surface area (TPSA) is 50.8 Å². The number of para-hydroxylation sites is 1. The van der Waals surface area contributed by atoms with Gasteiger partial charge < -0.3 is 19.7 Å². The van der Waals surface area contributed by atoms with Gasteiger partial charge in [0.1, 0.15) is 11.5 Å². The number of benzene rings is 2. The summed E-state index contributed by atoms with van der Waals surface area (Å²) < 4.78 is 10.5. The number of hydrogen-bond donors (Lipinski definition) is 1. The standard InChI is InChI=1S/C18H22N2O3/c1-20(18(21)12-19-15-7-5-4-6-8-15)13-14-9-10-16(22-2)11-17(14)23-3/h4-11,19H,12-13H2,1-3H3. The van der Waals surface area contributed by atoms with E-state index < -0.39 is 0 Å². The van der Waals surface area contributed by atoms with Crippen molar-refractivity contribution in [3.8, 4) is 11.5 Å². The second kappa shape index (κ2) is 8.08. The number of hydrogen-bond acceptors (Lipinski definition) is 4. The van der Waals surface area contributed by atoms with Crippen LogP contribution in [-0.4, -0.2) is 38.6 Å². The first-order valence-electron chi connectivity index (χ1n) is 7.38. The molecule has 0 unspecified atom stereocenters. The fourth-order valence-corrected chi connectivity index (χ4v) is 2.19. The molecule has 0 spiro atoms. The molecule has 0 saturated heterocycles. The average Bonchev–Trinajstić information content (AvgIpc) is 2.60. The minimum absolute atomic E-state index is 0.00623. The Hall–Kier alpha value is -2.69. The first kappa shape index (κ1) is 16.7. The summed E-state index contributed by atoms with van der Waals surface area (Å²) in [6.45, 7) is 0.724. The Kier molecular flexibility index (Phi) is 5.86. The van der Waals surface area contributed by atoms with Crippen molar-refractivity contribution < 1.29 is 14.3 Å². The molecule has 0 saturated carbocycles. The summed E-state index contributed by atoms with van der Waals surface area (Å²) in [6.07, 6.45) is 0. The molecule has 0 aromatic heterocycles. The number of amides is 1. The molecule has 1 N–H and O–H groups in total. The van der Waals surface area contributed by atoms with E-state index in [1.807, 2.05) is 48.5 Å². The van der Waals surface area contributed by atoms with Crippen molar-refractivity contribution in [3.05, 3.63) is 54.1 Å². The molecule has 0 fully saturated rings. The van der Waals surface area contributed by atoms with E-state index >= 15 is 0 Å². The molecule has 2 aromatic rings. The van der Waals surface area contributed by atoms with Gasteiger partial charge in [0.15, 0.2) is 0 Å². The molecule has 0 aliphatic rings. The number of rotatable bonds is 7. The normalized spacial score (nSPS) is 10.0. The molecule has 5 heteroatoms. The smallest absolute Gasteiger partial charge is 0.241 e. The summed E-state index contributed by atoms with van der Waals surface area (Å²) in [5, 5.41) is 3.12. The molecule has 0 aliphatic carbocycles. The van der Waals surface area contributed by atoms with Gasteiger partial charge in [-0.05, 0) is 24.3 Å². The molecular formula is C18H22N2O3. The number of nitrogens with one attached hydrogen (secondary N) is 1. The van der Waals surface area contributed by atoms with Crippen LogP contribution in [0.25, 0.3) is 0 Å². The van der Waals surface area contributed by atoms with Crippen molar-refractivity contribution in [2.24, 2.45) is 0 Å². The van der Waals surface area contributed by atoms with Gasteiger partial charge in [-0.3, -0.25) is 4.79 Å². The Bertz CT molecular complexity index is 644. The lowest BCUT2D eigenvalue weighted by Gasteiger charge is -2.20. The van der Waals surface area contributed by atoms with Crippen molar-refractivity contribution in [2.75, 3.05) is 33.1 Å². The van der Waals surface area contributed by atoms with Crippen LogP contribution in [0.3, 0.4) is 0 Å². The molecule has 2 aromatic carbocycles. The lowest BCUT2D eigenvalue weighted by Crippen LogP contribution is -2.31. The van der Waals surface area contributed by atoms with Gasteiger partial charge in [-0.1, -0.05) is 18.2 Å². The van der Waals surface area contributed by atoms with E-state index in [4.69, 9.17) is 9.47 Å². The first-order valence-corrected chi connectivity index (χ1v) is 7.38. The summed E-state index contributed by atoms with van der Waals surface area (Å²) in [4.78, 5) is 13.9. The van der Waals surface area contributed by atoms with Crippen LogP contribution in [0.15, 0.2) is 48.5 Å². The molecule has 0 radical (unpaired) electrons. The van der Waals surface area contributed by atoms with E-state index in [1.165, 1.54) is 0 Å². The number of methoxy groups -OCH3 is 2. The molecule has 23 heavy (non-hydrogen) atoms. The highest BCUT2D eigenvalue weighted by Crippen LogP contribution is 2.25. The van der Waals surface area contributed by atoms with Gasteiger partial charge in [-0.2, -0.15) is 0 Å². The quantitative estimate of drug-likeness (QED) is 0.854. The van der Waals surface area contributed by atoms with Gasteiger partial charge in [-0.15, -0.1) is 0 Å². The van der Waals surface area contributed by atoms with E-state index in [0.717, 1.165) is 17.0 Å². The van der Waals surface area contributed by atoms with Crippen LogP contribution in [0.1, 0.15) is 5.56 Å². The van der Waals surface area contributed by atoms with Gasteiger partial charge in [0.25, 0.3) is 0 Å². The number of ether oxygens (including phenoxy) is 2. The molecule has 2 rings (SSSR count). The van der Waals surface area contributed by atoms with Crippen LogP contribution in [0.2, 0.25) is 0 Å². The van der Waals surface area contributed by atoms with E-state index in [1.54, 1.807) is 26.2 Å². The fourth-order valence-electron chi connectivity index (χ4n) is 2.19. The average molecular weight is 314 g/mol. The highest BCUT2D eigenvalue weighted by atomic mass is 16.5. The predicted octanol–water partition coefficient (Wildman–Crippen LogP) is 2.77. The highest BCUT2D eigenvalue weighted by molar-refractivity contribution is 5.80. The van der Waals surface area contributed by atoms with Gasteiger partial charge in [0, 0.05) is 30.9 Å². The van der Waals surface area contributed by atoms with Crippen LogP contribution in [0.4, 0.5) is 5.69 Å². The zero-order valence-corrected chi connectivity index (χ0v) is 13.7. The Morgan fingerprint density at radius 2 is 1.83 bits per heavy atom. The third kappa shape index (κ3) is 4.64. The van der Waals surface area contributed by atoms with Crippen LogP contribution < -0.4 is 14.8 Å². The number of likely N-dealkylation sites (N-methyl/N-ethyl adjacent to an activating group) is 1. The second-order valence-corrected chi connectivity index (χ2v) is 5.15. The van der Waals surface area contributed by atoms with Gasteiger partial charge >= 0.3 is 0 Å². The van der Waals surface area contributed by atoms with Crippen molar-refractivity contribution >= 4 is 11.6 Å². The molecule has 0 atom stereocenters. The van der Waals surface area contributed by atoms with Crippen LogP contribution in [-0.2, 0) is 11.3 Å². The number of anilines is 1. The monoisotopic (exact) mass is 314 g/mol. The van der Waals surface area contributed by atoms with E-state index in [0.29, 0.717) is 12.3 Å². The van der Waals surface area contributed by atoms with Gasteiger partial charge in [-0.25, -0.2) is 0 Å². The summed E-state index contributed by atoms with van der Waals surface area (Å²) in [6, 6.07) is 15.2. The first-order chi connectivity index (χ1) is 11.1. The molecule has 5 nitrogen and oxygen atoms in total. The maximum absolute atomic E-state index is 12.2. The van der Waals surface area contributed by atoms with Crippen molar-refractivity contribution in [1.29, 1.82) is 0 Å². The van der Waals surface area contributed by atoms with Crippen LogP contribution in [0.5, 0.6) is 11.5 Å². The molecule has 0 aliphatic heterocycles. The molecule has 0 bridgehead atoms. The van der Waals surface area contributed by atoms with E-state index in [-0.39, 0.29) is 12.5 Å². The fraction of sp³-hybridized carbons (Fsp3) is 0.278. The Labute approximate surface area is 136 Å². The summed E-state index contributed by atoms with van der Waals surface area (Å²) in [7, 11) is 5.00. The molecule has 122 valence electrons. The van der Waals surface area contributed by atoms with Gasteiger partial charge in [0.2, 0.25) is 5.91 Å². The Morgan fingerprint density at radius 1 is 1.09 bits per heavy atom.